The third-order valence-corrected chi connectivity index (χ3v) is 2.71. The van der Waals surface area contributed by atoms with Crippen molar-refractivity contribution in [1.82, 2.24) is 5.32 Å². The van der Waals surface area contributed by atoms with E-state index in [0.717, 1.165) is 24.3 Å². The molecule has 3 N–H and O–H groups in total. The average molecular weight is 280 g/mol. The largest absolute Gasteiger partial charge is 0.398 e. The van der Waals surface area contributed by atoms with Gasteiger partial charge in [-0.1, -0.05) is 6.07 Å². The van der Waals surface area contributed by atoms with Crippen LogP contribution in [0.25, 0.3) is 0 Å². The topological polar surface area (TPSA) is 55.1 Å². The number of rotatable bonds is 3. The summed E-state index contributed by atoms with van der Waals surface area (Å²) in [6, 6.07) is 6.42. The molecular weight excluding hydrogens is 269 g/mol. The van der Waals surface area contributed by atoms with Crippen molar-refractivity contribution in [2.75, 3.05) is 5.73 Å². The van der Waals surface area contributed by atoms with Gasteiger partial charge in [0, 0.05) is 23.9 Å². The molecule has 2 aromatic carbocycles. The van der Waals surface area contributed by atoms with E-state index in [2.05, 4.69) is 5.32 Å². The second-order valence-electron chi connectivity index (χ2n) is 4.15. The summed E-state index contributed by atoms with van der Waals surface area (Å²) in [5.74, 6) is -2.56. The van der Waals surface area contributed by atoms with Crippen molar-refractivity contribution in [3.63, 3.8) is 0 Å². The summed E-state index contributed by atoms with van der Waals surface area (Å²) >= 11 is 0. The lowest BCUT2D eigenvalue weighted by atomic mass is 10.1. The second kappa shape index (κ2) is 5.64. The Kier molecular flexibility index (Phi) is 3.93. The van der Waals surface area contributed by atoms with Gasteiger partial charge in [-0.3, -0.25) is 4.79 Å². The molecule has 0 saturated heterocycles. The molecule has 104 valence electrons. The first kappa shape index (κ1) is 13.9. The fraction of sp³-hybridized carbons (Fsp3) is 0.0714. The van der Waals surface area contributed by atoms with Crippen molar-refractivity contribution >= 4 is 11.6 Å². The Hall–Kier alpha value is -2.50. The predicted octanol–water partition coefficient (Wildman–Crippen LogP) is 2.62. The molecule has 0 bridgehead atoms. The van der Waals surface area contributed by atoms with E-state index in [-0.39, 0.29) is 23.4 Å². The van der Waals surface area contributed by atoms with Gasteiger partial charge < -0.3 is 11.1 Å². The Labute approximate surface area is 113 Å². The molecule has 0 radical (unpaired) electrons. The summed E-state index contributed by atoms with van der Waals surface area (Å²) in [5.41, 5.74) is 5.74. The van der Waals surface area contributed by atoms with Crippen molar-refractivity contribution in [3.05, 3.63) is 65.0 Å². The maximum absolute atomic E-state index is 13.4. The number of halogens is 3. The van der Waals surface area contributed by atoms with E-state index >= 15 is 0 Å². The van der Waals surface area contributed by atoms with E-state index in [1.807, 2.05) is 0 Å². The van der Waals surface area contributed by atoms with Crippen LogP contribution in [0.1, 0.15) is 15.9 Å². The van der Waals surface area contributed by atoms with E-state index in [9.17, 15) is 18.0 Å². The van der Waals surface area contributed by atoms with Crippen molar-refractivity contribution in [1.29, 1.82) is 0 Å². The van der Waals surface area contributed by atoms with Crippen molar-refractivity contribution < 1.29 is 18.0 Å². The number of hydrogen-bond acceptors (Lipinski definition) is 2. The van der Waals surface area contributed by atoms with Crippen LogP contribution in [0, 0.1) is 17.5 Å². The van der Waals surface area contributed by atoms with Crippen LogP contribution in [0.2, 0.25) is 0 Å². The molecule has 0 atom stereocenters. The van der Waals surface area contributed by atoms with Crippen molar-refractivity contribution in [2.24, 2.45) is 0 Å². The lowest BCUT2D eigenvalue weighted by Crippen LogP contribution is -2.24. The average Bonchev–Trinajstić information content (AvgIpc) is 2.37. The molecule has 3 nitrogen and oxygen atoms in total. The summed E-state index contributed by atoms with van der Waals surface area (Å²) in [5, 5.41) is 2.43. The van der Waals surface area contributed by atoms with Gasteiger partial charge in [-0.15, -0.1) is 0 Å². The molecule has 0 aliphatic carbocycles. The van der Waals surface area contributed by atoms with Crippen LogP contribution < -0.4 is 11.1 Å². The number of anilines is 1. The van der Waals surface area contributed by atoms with Gasteiger partial charge in [0.05, 0.1) is 5.56 Å². The van der Waals surface area contributed by atoms with Crippen LogP contribution in [-0.2, 0) is 6.54 Å². The van der Waals surface area contributed by atoms with Gasteiger partial charge in [0.2, 0.25) is 0 Å². The number of amides is 1. The fourth-order valence-electron chi connectivity index (χ4n) is 1.68. The Balaban J connectivity index is 2.08. The van der Waals surface area contributed by atoms with E-state index in [1.54, 1.807) is 0 Å². The second-order valence-corrected chi connectivity index (χ2v) is 4.15. The SMILES string of the molecule is Nc1cc(F)ccc1C(=O)NCc1ccc(F)cc1F. The van der Waals surface area contributed by atoms with E-state index < -0.39 is 23.4 Å². The first-order valence-corrected chi connectivity index (χ1v) is 5.74. The molecule has 0 saturated carbocycles. The maximum atomic E-state index is 13.4. The highest BCUT2D eigenvalue weighted by Gasteiger charge is 2.11. The molecule has 0 aliphatic heterocycles. The number of carbonyl (C=O) groups is 1. The lowest BCUT2D eigenvalue weighted by molar-refractivity contribution is 0.0951. The zero-order chi connectivity index (χ0) is 14.7. The number of nitrogens with two attached hydrogens (primary N) is 1. The Bertz CT molecular complexity index is 659. The predicted molar refractivity (Wildman–Crippen MR) is 68.3 cm³/mol. The number of hydrogen-bond donors (Lipinski definition) is 2. The molecule has 0 aromatic heterocycles. The normalized spacial score (nSPS) is 10.3. The van der Waals surface area contributed by atoms with Gasteiger partial charge in [0.25, 0.3) is 5.91 Å². The minimum atomic E-state index is -0.752. The Morgan fingerprint density at radius 2 is 1.70 bits per heavy atom. The smallest absolute Gasteiger partial charge is 0.253 e. The van der Waals surface area contributed by atoms with E-state index in [4.69, 9.17) is 5.73 Å². The lowest BCUT2D eigenvalue weighted by Gasteiger charge is -2.08. The van der Waals surface area contributed by atoms with Crippen LogP contribution >= 0.6 is 0 Å². The maximum Gasteiger partial charge on any atom is 0.253 e. The highest BCUT2D eigenvalue weighted by atomic mass is 19.1. The zero-order valence-corrected chi connectivity index (χ0v) is 10.3. The Morgan fingerprint density at radius 1 is 1.05 bits per heavy atom. The standard InChI is InChI=1S/C14H11F3N2O/c15-9-2-1-8(12(17)5-9)7-19-14(20)11-4-3-10(16)6-13(11)18/h1-6H,7,18H2,(H,19,20). The minimum Gasteiger partial charge on any atom is -0.398 e. The highest BCUT2D eigenvalue weighted by Crippen LogP contribution is 2.14. The third-order valence-electron chi connectivity index (χ3n) is 2.71. The summed E-state index contributed by atoms with van der Waals surface area (Å²) in [4.78, 5) is 11.8. The number of nitrogens with one attached hydrogen (secondary N) is 1. The quantitative estimate of drug-likeness (QED) is 0.849. The number of carbonyl (C=O) groups excluding carboxylic acids is 1. The number of benzene rings is 2. The number of nitrogen functional groups attached to an aromatic ring is 1. The molecule has 2 aromatic rings. The molecular formula is C14H11F3N2O. The molecule has 20 heavy (non-hydrogen) atoms. The third kappa shape index (κ3) is 3.09. The summed E-state index contributed by atoms with van der Waals surface area (Å²) in [6.45, 7) is -0.123. The van der Waals surface area contributed by atoms with Gasteiger partial charge in [-0.25, -0.2) is 13.2 Å². The Morgan fingerprint density at radius 3 is 2.35 bits per heavy atom. The van der Waals surface area contributed by atoms with Gasteiger partial charge >= 0.3 is 0 Å². The van der Waals surface area contributed by atoms with Crippen LogP contribution in [0.3, 0.4) is 0 Å². The van der Waals surface area contributed by atoms with Crippen LogP contribution in [0.5, 0.6) is 0 Å². The molecule has 0 unspecified atom stereocenters. The van der Waals surface area contributed by atoms with Crippen LogP contribution in [-0.4, -0.2) is 5.91 Å². The zero-order valence-electron chi connectivity index (χ0n) is 10.3. The van der Waals surface area contributed by atoms with Crippen molar-refractivity contribution in [3.8, 4) is 0 Å². The van der Waals surface area contributed by atoms with E-state index in [1.165, 1.54) is 12.1 Å². The van der Waals surface area contributed by atoms with Crippen molar-refractivity contribution in [2.45, 2.75) is 6.54 Å². The first-order chi connectivity index (χ1) is 9.47. The molecule has 6 heteroatoms. The summed E-state index contributed by atoms with van der Waals surface area (Å²) in [7, 11) is 0. The first-order valence-electron chi connectivity index (χ1n) is 5.74. The fourth-order valence-corrected chi connectivity index (χ4v) is 1.68. The summed E-state index contributed by atoms with van der Waals surface area (Å²) < 4.78 is 38.9. The monoisotopic (exact) mass is 280 g/mol. The van der Waals surface area contributed by atoms with Gasteiger partial charge in [-0.2, -0.15) is 0 Å². The van der Waals surface area contributed by atoms with E-state index in [0.29, 0.717) is 0 Å². The molecule has 0 aliphatic rings. The van der Waals surface area contributed by atoms with Gasteiger partial charge in [0.15, 0.2) is 0 Å². The molecule has 0 spiro atoms. The molecule has 0 fully saturated rings. The van der Waals surface area contributed by atoms with Gasteiger partial charge in [-0.05, 0) is 24.3 Å². The molecule has 2 rings (SSSR count). The molecule has 1 amide bonds. The van der Waals surface area contributed by atoms with Crippen LogP contribution in [0.4, 0.5) is 18.9 Å². The molecule has 0 heterocycles. The van der Waals surface area contributed by atoms with Gasteiger partial charge in [0.1, 0.15) is 17.5 Å². The highest BCUT2D eigenvalue weighted by molar-refractivity contribution is 5.99. The minimum absolute atomic E-state index is 0.0120. The van der Waals surface area contributed by atoms with Crippen LogP contribution in [0.15, 0.2) is 36.4 Å². The summed E-state index contributed by atoms with van der Waals surface area (Å²) in [6.07, 6.45) is 0.